The Labute approximate surface area is 186 Å². The topological polar surface area (TPSA) is 84.9 Å². The fourth-order valence-electron chi connectivity index (χ4n) is 3.57. The van der Waals surface area contributed by atoms with Gasteiger partial charge in [0.2, 0.25) is 5.91 Å². The summed E-state index contributed by atoms with van der Waals surface area (Å²) < 4.78 is 57.9. The number of hydrogen-bond acceptors (Lipinski definition) is 6. The Hall–Kier alpha value is -2.72. The van der Waals surface area contributed by atoms with E-state index in [-0.39, 0.29) is 42.3 Å². The monoisotopic (exact) mass is 468 g/mol. The number of benzene rings is 2. The maximum absolute atomic E-state index is 12.6. The third-order valence-corrected chi connectivity index (χ3v) is 7.00. The number of carbonyl (C=O) groups is 1. The normalized spacial score (nSPS) is 17.5. The molecule has 2 aromatic rings. The molecule has 0 saturated carbocycles. The second-order valence-corrected chi connectivity index (χ2v) is 9.84. The van der Waals surface area contributed by atoms with E-state index in [1.54, 1.807) is 19.2 Å². The predicted octanol–water partition coefficient (Wildman–Crippen LogP) is 2.60. The lowest BCUT2D eigenvalue weighted by molar-refractivity contribution is -0.123. The summed E-state index contributed by atoms with van der Waals surface area (Å²) >= 11 is 0. The highest BCUT2D eigenvalue weighted by molar-refractivity contribution is 7.91. The summed E-state index contributed by atoms with van der Waals surface area (Å²) in [5.41, 5.74) is 1.67. The summed E-state index contributed by atoms with van der Waals surface area (Å²) in [6, 6.07) is 13.2. The molecule has 1 heterocycles. The summed E-state index contributed by atoms with van der Waals surface area (Å²) in [5, 5.41) is 2.80. The maximum Gasteiger partial charge on any atom is 0.387 e. The smallest absolute Gasteiger partial charge is 0.387 e. The molecule has 1 saturated heterocycles. The van der Waals surface area contributed by atoms with Gasteiger partial charge in [0, 0.05) is 19.1 Å². The summed E-state index contributed by atoms with van der Waals surface area (Å²) in [5.74, 6) is 0.651. The molecule has 1 N–H and O–H groups in total. The van der Waals surface area contributed by atoms with E-state index in [1.165, 1.54) is 12.1 Å². The van der Waals surface area contributed by atoms with Crippen molar-refractivity contribution in [3.8, 4) is 11.5 Å². The second-order valence-electron chi connectivity index (χ2n) is 7.61. The number of nitrogens with one attached hydrogen (secondary N) is 1. The van der Waals surface area contributed by atoms with Crippen molar-refractivity contribution >= 4 is 15.7 Å². The highest BCUT2D eigenvalue weighted by Gasteiger charge is 2.33. The predicted molar refractivity (Wildman–Crippen MR) is 115 cm³/mol. The number of alkyl halides is 2. The van der Waals surface area contributed by atoms with Gasteiger partial charge in [-0.25, -0.2) is 8.42 Å². The van der Waals surface area contributed by atoms with E-state index < -0.39 is 16.4 Å². The van der Waals surface area contributed by atoms with Crippen LogP contribution in [-0.4, -0.2) is 57.0 Å². The van der Waals surface area contributed by atoms with E-state index in [2.05, 4.69) is 10.1 Å². The van der Waals surface area contributed by atoms with E-state index in [0.29, 0.717) is 18.7 Å². The Morgan fingerprint density at radius 2 is 1.72 bits per heavy atom. The zero-order chi connectivity index (χ0) is 23.1. The molecular weight excluding hydrogens is 442 g/mol. The van der Waals surface area contributed by atoms with Gasteiger partial charge >= 0.3 is 6.61 Å². The molecule has 0 spiro atoms. The number of nitrogens with zero attached hydrogens (tertiary/aromatic N) is 1. The number of amides is 1. The van der Waals surface area contributed by atoms with E-state index in [0.717, 1.165) is 11.1 Å². The van der Waals surface area contributed by atoms with Crippen LogP contribution >= 0.6 is 0 Å². The average Bonchev–Trinajstić information content (AvgIpc) is 3.12. The van der Waals surface area contributed by atoms with E-state index in [4.69, 9.17) is 4.74 Å². The number of hydrogen-bond donors (Lipinski definition) is 1. The Morgan fingerprint density at radius 1 is 1.09 bits per heavy atom. The summed E-state index contributed by atoms with van der Waals surface area (Å²) in [7, 11) is -1.53. The van der Waals surface area contributed by atoms with Gasteiger partial charge in [-0.1, -0.05) is 24.3 Å². The Morgan fingerprint density at radius 3 is 2.28 bits per heavy atom. The van der Waals surface area contributed by atoms with Gasteiger partial charge < -0.3 is 14.8 Å². The van der Waals surface area contributed by atoms with Gasteiger partial charge in [0.1, 0.15) is 11.5 Å². The van der Waals surface area contributed by atoms with Crippen molar-refractivity contribution in [3.63, 3.8) is 0 Å². The number of rotatable bonds is 10. The van der Waals surface area contributed by atoms with Crippen LogP contribution in [-0.2, 0) is 27.7 Å². The minimum atomic E-state index is -3.11. The van der Waals surface area contributed by atoms with Gasteiger partial charge in [-0.15, -0.1) is 0 Å². The summed E-state index contributed by atoms with van der Waals surface area (Å²) in [6.07, 6.45) is 0.483. The molecule has 1 unspecified atom stereocenters. The Kier molecular flexibility index (Phi) is 8.03. The number of ether oxygens (including phenoxy) is 2. The van der Waals surface area contributed by atoms with E-state index in [9.17, 15) is 22.0 Å². The first kappa shape index (κ1) is 23.9. The van der Waals surface area contributed by atoms with Crippen molar-refractivity contribution in [2.24, 2.45) is 0 Å². The molecule has 7 nitrogen and oxygen atoms in total. The first-order chi connectivity index (χ1) is 15.2. The van der Waals surface area contributed by atoms with Gasteiger partial charge in [0.25, 0.3) is 0 Å². The van der Waals surface area contributed by atoms with E-state index >= 15 is 0 Å². The van der Waals surface area contributed by atoms with Crippen molar-refractivity contribution < 1.29 is 31.5 Å². The van der Waals surface area contributed by atoms with Crippen LogP contribution in [0.4, 0.5) is 8.78 Å². The van der Waals surface area contributed by atoms with Crippen LogP contribution in [0.1, 0.15) is 17.5 Å². The molecule has 0 bridgehead atoms. The molecule has 0 aromatic heterocycles. The minimum Gasteiger partial charge on any atom is -0.497 e. The first-order valence-electron chi connectivity index (χ1n) is 10.1. The van der Waals surface area contributed by atoms with E-state index in [1.807, 2.05) is 29.2 Å². The average molecular weight is 469 g/mol. The first-order valence-corrected chi connectivity index (χ1v) is 11.9. The van der Waals surface area contributed by atoms with Crippen molar-refractivity contribution in [1.29, 1.82) is 0 Å². The quantitative estimate of drug-likeness (QED) is 0.577. The SMILES string of the molecule is COc1ccc(CN(CC(=O)NCc2ccc(OC(F)F)cc2)C2CCS(=O)(=O)C2)cc1. The Balaban J connectivity index is 1.61. The Bertz CT molecular complexity index is 998. The van der Waals surface area contributed by atoms with Crippen molar-refractivity contribution in [1.82, 2.24) is 10.2 Å². The van der Waals surface area contributed by atoms with Crippen LogP contribution in [0, 0.1) is 0 Å². The van der Waals surface area contributed by atoms with Gasteiger partial charge in [-0.05, 0) is 41.8 Å². The molecular formula is C22H26F2N2O5S. The highest BCUT2D eigenvalue weighted by atomic mass is 32.2. The van der Waals surface area contributed by atoms with Crippen LogP contribution in [0.15, 0.2) is 48.5 Å². The molecule has 1 aliphatic heterocycles. The van der Waals surface area contributed by atoms with Crippen LogP contribution < -0.4 is 14.8 Å². The van der Waals surface area contributed by atoms with Gasteiger partial charge in [0.15, 0.2) is 9.84 Å². The van der Waals surface area contributed by atoms with Crippen LogP contribution in [0.3, 0.4) is 0 Å². The van der Waals surface area contributed by atoms with Crippen LogP contribution in [0.5, 0.6) is 11.5 Å². The molecule has 1 amide bonds. The van der Waals surface area contributed by atoms with Crippen molar-refractivity contribution in [3.05, 3.63) is 59.7 Å². The molecule has 1 atom stereocenters. The molecule has 0 radical (unpaired) electrons. The van der Waals surface area contributed by atoms with Gasteiger partial charge in [0.05, 0.1) is 25.2 Å². The standard InChI is InChI=1S/C22H26F2N2O5S/c1-30-19-6-4-17(5-7-19)13-26(18-10-11-32(28,29)15-18)14-21(27)25-12-16-2-8-20(9-3-16)31-22(23)24/h2-9,18,22H,10-15H2,1H3,(H,25,27). The third kappa shape index (κ3) is 7.16. The van der Waals surface area contributed by atoms with Crippen molar-refractivity contribution in [2.45, 2.75) is 32.2 Å². The number of sulfone groups is 1. The van der Waals surface area contributed by atoms with Gasteiger partial charge in [-0.2, -0.15) is 8.78 Å². The molecule has 3 rings (SSSR count). The van der Waals surface area contributed by atoms with Crippen LogP contribution in [0.2, 0.25) is 0 Å². The lowest BCUT2D eigenvalue weighted by atomic mass is 10.1. The minimum absolute atomic E-state index is 0.0298. The number of methoxy groups -OCH3 is 1. The fraction of sp³-hybridized carbons (Fsp3) is 0.409. The third-order valence-electron chi connectivity index (χ3n) is 5.25. The summed E-state index contributed by atoms with van der Waals surface area (Å²) in [4.78, 5) is 14.5. The molecule has 1 aliphatic rings. The number of carbonyl (C=O) groups excluding carboxylic acids is 1. The largest absolute Gasteiger partial charge is 0.497 e. The second kappa shape index (κ2) is 10.7. The van der Waals surface area contributed by atoms with Gasteiger partial charge in [-0.3, -0.25) is 9.69 Å². The lowest BCUT2D eigenvalue weighted by Gasteiger charge is -2.27. The zero-order valence-electron chi connectivity index (χ0n) is 17.7. The zero-order valence-corrected chi connectivity index (χ0v) is 18.5. The van der Waals surface area contributed by atoms with Crippen LogP contribution in [0.25, 0.3) is 0 Å². The molecule has 10 heteroatoms. The summed E-state index contributed by atoms with van der Waals surface area (Å²) in [6.45, 7) is -2.21. The molecule has 1 fully saturated rings. The number of halogens is 2. The molecule has 32 heavy (non-hydrogen) atoms. The van der Waals surface area contributed by atoms with Crippen molar-refractivity contribution in [2.75, 3.05) is 25.2 Å². The lowest BCUT2D eigenvalue weighted by Crippen LogP contribution is -2.43. The molecule has 2 aromatic carbocycles. The highest BCUT2D eigenvalue weighted by Crippen LogP contribution is 2.21. The molecule has 174 valence electrons. The maximum atomic E-state index is 12.6. The fourth-order valence-corrected chi connectivity index (χ4v) is 5.33. The molecule has 0 aliphatic carbocycles.